The van der Waals surface area contributed by atoms with Gasteiger partial charge in [-0.1, -0.05) is 29.8 Å². The number of hydrogen-bond donors (Lipinski definition) is 1. The molecule has 7 heteroatoms. The van der Waals surface area contributed by atoms with Gasteiger partial charge in [0, 0.05) is 37.2 Å². The van der Waals surface area contributed by atoms with Crippen LogP contribution in [0, 0.1) is 0 Å². The molecular formula is C15H24Cl3N3O. The first kappa shape index (κ1) is 21.5. The minimum absolute atomic E-state index is 0. The maximum absolute atomic E-state index is 11.9. The molecule has 0 saturated carbocycles. The molecule has 1 fully saturated rings. The van der Waals surface area contributed by atoms with Crippen LogP contribution in [0.4, 0.5) is 0 Å². The van der Waals surface area contributed by atoms with Gasteiger partial charge in [-0.05, 0) is 25.5 Å². The molecular weight excluding hydrogens is 345 g/mol. The normalized spacial score (nSPS) is 17.9. The third kappa shape index (κ3) is 5.00. The summed E-state index contributed by atoms with van der Waals surface area (Å²) in [5.41, 5.74) is 6.79. The first-order valence-electron chi connectivity index (χ1n) is 7.03. The Balaban J connectivity index is 0.00000220. The number of amides is 1. The van der Waals surface area contributed by atoms with E-state index in [1.54, 1.807) is 6.92 Å². The zero-order valence-corrected chi connectivity index (χ0v) is 15.3. The number of rotatable bonds is 3. The summed E-state index contributed by atoms with van der Waals surface area (Å²) in [4.78, 5) is 16.1. The third-order valence-corrected chi connectivity index (χ3v) is 4.26. The molecule has 1 unspecified atom stereocenters. The Bertz CT molecular complexity index is 477. The summed E-state index contributed by atoms with van der Waals surface area (Å²) in [6.45, 7) is 7.06. The van der Waals surface area contributed by atoms with E-state index in [0.717, 1.165) is 36.8 Å². The third-order valence-electron chi connectivity index (χ3n) is 3.92. The number of nitrogens with zero attached hydrogens (tertiary/aromatic N) is 2. The van der Waals surface area contributed by atoms with Crippen molar-refractivity contribution in [2.24, 2.45) is 5.73 Å². The summed E-state index contributed by atoms with van der Waals surface area (Å²) in [7, 11) is 0. The highest BCUT2D eigenvalue weighted by Crippen LogP contribution is 2.27. The monoisotopic (exact) mass is 367 g/mol. The average Bonchev–Trinajstić information content (AvgIpc) is 2.46. The van der Waals surface area contributed by atoms with Gasteiger partial charge < -0.3 is 10.6 Å². The van der Waals surface area contributed by atoms with Gasteiger partial charge in [0.1, 0.15) is 0 Å². The molecule has 0 bridgehead atoms. The molecule has 2 N–H and O–H groups in total. The van der Waals surface area contributed by atoms with Gasteiger partial charge in [-0.3, -0.25) is 9.69 Å². The molecule has 0 aliphatic carbocycles. The highest BCUT2D eigenvalue weighted by molar-refractivity contribution is 6.31. The highest BCUT2D eigenvalue weighted by atomic mass is 35.5. The number of hydrogen-bond acceptors (Lipinski definition) is 3. The molecule has 0 spiro atoms. The first-order chi connectivity index (χ1) is 9.50. The zero-order valence-electron chi connectivity index (χ0n) is 12.9. The van der Waals surface area contributed by atoms with Crippen molar-refractivity contribution in [3.63, 3.8) is 0 Å². The summed E-state index contributed by atoms with van der Waals surface area (Å²) in [5, 5.41) is 0.800. The van der Waals surface area contributed by atoms with E-state index >= 15 is 0 Å². The molecule has 2 atom stereocenters. The second-order valence-corrected chi connectivity index (χ2v) is 5.75. The zero-order chi connectivity index (χ0) is 14.7. The van der Waals surface area contributed by atoms with Crippen molar-refractivity contribution in [2.75, 3.05) is 26.2 Å². The second kappa shape index (κ2) is 9.58. The van der Waals surface area contributed by atoms with Crippen LogP contribution in [0.3, 0.4) is 0 Å². The Morgan fingerprint density at radius 3 is 2.18 bits per heavy atom. The number of benzene rings is 1. The summed E-state index contributed by atoms with van der Waals surface area (Å²) in [5.74, 6) is 0.0371. The molecule has 1 amide bonds. The second-order valence-electron chi connectivity index (χ2n) is 5.35. The van der Waals surface area contributed by atoms with Gasteiger partial charge in [0.05, 0.1) is 6.04 Å². The van der Waals surface area contributed by atoms with E-state index < -0.39 is 6.04 Å². The molecule has 1 aliphatic rings. The first-order valence-corrected chi connectivity index (χ1v) is 7.41. The van der Waals surface area contributed by atoms with Crippen LogP contribution >= 0.6 is 36.4 Å². The Morgan fingerprint density at radius 1 is 1.14 bits per heavy atom. The molecule has 22 heavy (non-hydrogen) atoms. The van der Waals surface area contributed by atoms with Crippen LogP contribution < -0.4 is 5.73 Å². The van der Waals surface area contributed by atoms with E-state index in [4.69, 9.17) is 17.3 Å². The molecule has 1 aromatic carbocycles. The average molecular weight is 369 g/mol. The minimum Gasteiger partial charge on any atom is -0.339 e. The molecule has 1 aliphatic heterocycles. The lowest BCUT2D eigenvalue weighted by atomic mass is 10.1. The van der Waals surface area contributed by atoms with Crippen molar-refractivity contribution < 1.29 is 4.79 Å². The lowest BCUT2D eigenvalue weighted by Gasteiger charge is -2.39. The van der Waals surface area contributed by atoms with Gasteiger partial charge in [0.2, 0.25) is 5.91 Å². The molecule has 4 nitrogen and oxygen atoms in total. The van der Waals surface area contributed by atoms with Crippen LogP contribution in [0.5, 0.6) is 0 Å². The Kier molecular flexibility index (Phi) is 9.35. The van der Waals surface area contributed by atoms with Gasteiger partial charge in [-0.15, -0.1) is 24.8 Å². The number of carbonyl (C=O) groups is 1. The number of carbonyl (C=O) groups excluding carboxylic acids is 1. The minimum atomic E-state index is -0.414. The maximum atomic E-state index is 11.9. The predicted molar refractivity (Wildman–Crippen MR) is 96.2 cm³/mol. The number of halogens is 3. The lowest BCUT2D eigenvalue weighted by molar-refractivity contribution is -0.134. The largest absolute Gasteiger partial charge is 0.339 e. The molecule has 1 heterocycles. The van der Waals surface area contributed by atoms with Crippen LogP contribution in [-0.2, 0) is 4.79 Å². The van der Waals surface area contributed by atoms with Gasteiger partial charge >= 0.3 is 0 Å². The SMILES string of the molecule is CC(c1ccccc1Cl)N1CCN(C(=O)[C@@H](C)N)CC1.Cl.Cl. The van der Waals surface area contributed by atoms with Crippen LogP contribution in [0.25, 0.3) is 0 Å². The summed E-state index contributed by atoms with van der Waals surface area (Å²) >= 11 is 6.25. The van der Waals surface area contributed by atoms with Gasteiger partial charge in [0.25, 0.3) is 0 Å². The fourth-order valence-corrected chi connectivity index (χ4v) is 2.92. The van der Waals surface area contributed by atoms with Crippen molar-refractivity contribution in [2.45, 2.75) is 25.9 Å². The summed E-state index contributed by atoms with van der Waals surface area (Å²) in [6, 6.07) is 7.78. The van der Waals surface area contributed by atoms with Crippen molar-refractivity contribution >= 4 is 42.3 Å². The predicted octanol–water partition coefficient (Wildman–Crippen LogP) is 2.74. The molecule has 0 radical (unpaired) electrons. The van der Waals surface area contributed by atoms with Gasteiger partial charge in [-0.25, -0.2) is 0 Å². The number of nitrogens with two attached hydrogens (primary N) is 1. The summed E-state index contributed by atoms with van der Waals surface area (Å²) < 4.78 is 0. The standard InChI is InChI=1S/C15H22ClN3O.2ClH/c1-11(17)15(20)19-9-7-18(8-10-19)12(2)13-5-3-4-6-14(13)16;;/h3-6,11-12H,7-10,17H2,1-2H3;2*1H/t11-,12?;;/m1../s1. The molecule has 0 aromatic heterocycles. The highest BCUT2D eigenvalue weighted by Gasteiger charge is 2.26. The molecule has 2 rings (SSSR count). The van der Waals surface area contributed by atoms with Crippen LogP contribution in [0.15, 0.2) is 24.3 Å². The van der Waals surface area contributed by atoms with Crippen molar-refractivity contribution in [3.8, 4) is 0 Å². The van der Waals surface area contributed by atoms with Gasteiger partial charge in [0.15, 0.2) is 0 Å². The molecule has 1 aromatic rings. The number of piperazine rings is 1. The fourth-order valence-electron chi connectivity index (χ4n) is 2.63. The van der Waals surface area contributed by atoms with E-state index in [1.807, 2.05) is 23.1 Å². The quantitative estimate of drug-likeness (QED) is 0.892. The smallest absolute Gasteiger partial charge is 0.239 e. The van der Waals surface area contributed by atoms with E-state index in [-0.39, 0.29) is 36.8 Å². The summed E-state index contributed by atoms with van der Waals surface area (Å²) in [6.07, 6.45) is 0. The van der Waals surface area contributed by atoms with Crippen LogP contribution in [0.2, 0.25) is 5.02 Å². The Morgan fingerprint density at radius 2 is 1.68 bits per heavy atom. The van der Waals surface area contributed by atoms with E-state index in [0.29, 0.717) is 0 Å². The van der Waals surface area contributed by atoms with Crippen molar-refractivity contribution in [1.82, 2.24) is 9.80 Å². The molecule has 1 saturated heterocycles. The van der Waals surface area contributed by atoms with Crippen molar-refractivity contribution in [3.05, 3.63) is 34.9 Å². The maximum Gasteiger partial charge on any atom is 0.239 e. The van der Waals surface area contributed by atoms with Crippen LogP contribution in [0.1, 0.15) is 25.5 Å². The van der Waals surface area contributed by atoms with E-state index in [9.17, 15) is 4.79 Å². The Hall–Kier alpha value is -0.520. The van der Waals surface area contributed by atoms with Crippen LogP contribution in [-0.4, -0.2) is 47.9 Å². The fraction of sp³-hybridized carbons (Fsp3) is 0.533. The molecule has 126 valence electrons. The van der Waals surface area contributed by atoms with Gasteiger partial charge in [-0.2, -0.15) is 0 Å². The van der Waals surface area contributed by atoms with Crippen molar-refractivity contribution in [1.29, 1.82) is 0 Å². The van der Waals surface area contributed by atoms with E-state index in [1.165, 1.54) is 0 Å². The Labute approximate surface area is 149 Å². The van der Waals surface area contributed by atoms with E-state index in [2.05, 4.69) is 17.9 Å². The topological polar surface area (TPSA) is 49.6 Å². The lowest BCUT2D eigenvalue weighted by Crippen LogP contribution is -2.52.